The fraction of sp³-hybridized carbons (Fsp3) is 0.600. The molecule has 1 aromatic carbocycles. The zero-order valence-electron chi connectivity index (χ0n) is 15.2. The number of amides is 2. The molecule has 0 aliphatic carbocycles. The summed E-state index contributed by atoms with van der Waals surface area (Å²) in [6.45, 7) is 2.07. The van der Waals surface area contributed by atoms with Crippen LogP contribution >= 0.6 is 0 Å². The van der Waals surface area contributed by atoms with E-state index < -0.39 is 0 Å². The van der Waals surface area contributed by atoms with E-state index in [1.54, 1.807) is 15.9 Å². The lowest BCUT2D eigenvalue weighted by Crippen LogP contribution is -2.30. The molecule has 2 amide bonds. The molecule has 3 rings (SSSR count). The van der Waals surface area contributed by atoms with Crippen LogP contribution in [0.5, 0.6) is 11.5 Å². The van der Waals surface area contributed by atoms with Gasteiger partial charge >= 0.3 is 0 Å². The molecule has 6 nitrogen and oxygen atoms in total. The lowest BCUT2D eigenvalue weighted by atomic mass is 10.1. The van der Waals surface area contributed by atoms with Crippen molar-refractivity contribution in [3.8, 4) is 11.5 Å². The highest BCUT2D eigenvalue weighted by molar-refractivity contribution is 5.77. The van der Waals surface area contributed by atoms with Gasteiger partial charge < -0.3 is 20.0 Å². The number of carbonyl (C=O) groups excluding carboxylic acids is 2. The normalized spacial score (nSPS) is 19.4. The first-order valence-corrected chi connectivity index (χ1v) is 9.64. The Bertz CT molecular complexity index is 621. The smallest absolute Gasteiger partial charge is 0.222 e. The molecule has 0 aromatic heterocycles. The van der Waals surface area contributed by atoms with Crippen LogP contribution in [0.25, 0.3) is 0 Å². The summed E-state index contributed by atoms with van der Waals surface area (Å²) >= 11 is 0. The second-order valence-electron chi connectivity index (χ2n) is 7.36. The quantitative estimate of drug-likeness (QED) is 0.865. The summed E-state index contributed by atoms with van der Waals surface area (Å²) < 4.78 is 0. The van der Waals surface area contributed by atoms with Gasteiger partial charge in [0.25, 0.3) is 0 Å². The zero-order chi connectivity index (χ0) is 18.5. The summed E-state index contributed by atoms with van der Waals surface area (Å²) in [6, 6.07) is 3.07. The van der Waals surface area contributed by atoms with Crippen molar-refractivity contribution in [3.05, 3.63) is 23.3 Å². The van der Waals surface area contributed by atoms with Crippen LogP contribution in [0.1, 0.15) is 62.5 Å². The maximum absolute atomic E-state index is 12.2. The molecule has 2 fully saturated rings. The van der Waals surface area contributed by atoms with Gasteiger partial charge in [0.15, 0.2) is 0 Å². The molecule has 0 radical (unpaired) electrons. The summed E-state index contributed by atoms with van der Waals surface area (Å²) in [5.74, 6) is 0.203. The highest BCUT2D eigenvalue weighted by atomic mass is 16.3. The summed E-state index contributed by atoms with van der Waals surface area (Å²) in [6.07, 6.45) is 6.97. The van der Waals surface area contributed by atoms with E-state index in [-0.39, 0.29) is 23.3 Å². The number of aromatic hydroxyl groups is 2. The maximum atomic E-state index is 12.2. The summed E-state index contributed by atoms with van der Waals surface area (Å²) in [4.78, 5) is 28.0. The number of hydrogen-bond acceptors (Lipinski definition) is 4. The van der Waals surface area contributed by atoms with E-state index in [1.165, 1.54) is 6.07 Å². The second kappa shape index (κ2) is 8.43. The Hall–Kier alpha value is -2.24. The van der Waals surface area contributed by atoms with Gasteiger partial charge in [-0.15, -0.1) is 0 Å². The fourth-order valence-corrected chi connectivity index (χ4v) is 3.75. The van der Waals surface area contributed by atoms with Gasteiger partial charge in [0.1, 0.15) is 11.5 Å². The number of hydrogen-bond donors (Lipinski definition) is 2. The number of carbonyl (C=O) groups is 2. The summed E-state index contributed by atoms with van der Waals surface area (Å²) in [5.41, 5.74) is 1.24. The first kappa shape index (κ1) is 18.5. The number of phenolic OH excluding ortho intramolecular Hbond substituents is 2. The molecule has 142 valence electrons. The van der Waals surface area contributed by atoms with Gasteiger partial charge in [-0.25, -0.2) is 0 Å². The van der Waals surface area contributed by atoms with Crippen molar-refractivity contribution in [2.75, 3.05) is 13.1 Å². The molecule has 2 aliphatic heterocycles. The van der Waals surface area contributed by atoms with Gasteiger partial charge in [0.05, 0.1) is 0 Å². The van der Waals surface area contributed by atoms with Crippen molar-refractivity contribution < 1.29 is 19.8 Å². The predicted molar refractivity (Wildman–Crippen MR) is 97.5 cm³/mol. The van der Waals surface area contributed by atoms with Crippen LogP contribution < -0.4 is 0 Å². The van der Waals surface area contributed by atoms with E-state index in [9.17, 15) is 19.8 Å². The Morgan fingerprint density at radius 2 is 1.15 bits per heavy atom. The molecule has 2 aliphatic rings. The van der Waals surface area contributed by atoms with E-state index in [0.717, 1.165) is 38.5 Å². The molecular weight excluding hydrogens is 332 g/mol. The molecule has 2 saturated heterocycles. The van der Waals surface area contributed by atoms with E-state index in [1.807, 2.05) is 0 Å². The van der Waals surface area contributed by atoms with Gasteiger partial charge in [-0.3, -0.25) is 9.59 Å². The third-order valence-electron chi connectivity index (χ3n) is 5.35. The van der Waals surface area contributed by atoms with Crippen molar-refractivity contribution in [1.29, 1.82) is 0 Å². The topological polar surface area (TPSA) is 81.1 Å². The lowest BCUT2D eigenvalue weighted by Gasteiger charge is -2.24. The maximum Gasteiger partial charge on any atom is 0.222 e. The van der Waals surface area contributed by atoms with Gasteiger partial charge in [-0.05, 0) is 31.7 Å². The van der Waals surface area contributed by atoms with Gasteiger partial charge in [-0.1, -0.05) is 12.8 Å². The van der Waals surface area contributed by atoms with Crippen LogP contribution in [-0.2, 0) is 22.7 Å². The van der Waals surface area contributed by atoms with Crippen LogP contribution in [0.2, 0.25) is 0 Å². The van der Waals surface area contributed by atoms with Crippen molar-refractivity contribution >= 4 is 11.8 Å². The largest absolute Gasteiger partial charge is 0.507 e. The standard InChI is InChI=1S/C20H28N2O4/c23-17-12-18(24)16(14-22-10-6-2-4-8-20(22)26)11-15(17)13-21-9-5-1-3-7-19(21)25/h11-12,23-24H,1-10,13-14H2. The third kappa shape index (κ3) is 4.48. The summed E-state index contributed by atoms with van der Waals surface area (Å²) in [7, 11) is 0. The van der Waals surface area contributed by atoms with Crippen LogP contribution in [0.15, 0.2) is 12.1 Å². The molecule has 0 bridgehead atoms. The number of rotatable bonds is 4. The predicted octanol–water partition coefficient (Wildman–Crippen LogP) is 2.90. The summed E-state index contributed by atoms with van der Waals surface area (Å²) in [5, 5.41) is 20.5. The molecule has 2 N–H and O–H groups in total. The first-order chi connectivity index (χ1) is 12.5. The highest BCUT2D eigenvalue weighted by Crippen LogP contribution is 2.30. The Labute approximate surface area is 154 Å². The van der Waals surface area contributed by atoms with E-state index in [0.29, 0.717) is 50.1 Å². The Morgan fingerprint density at radius 3 is 1.62 bits per heavy atom. The molecule has 0 atom stereocenters. The second-order valence-corrected chi connectivity index (χ2v) is 7.36. The van der Waals surface area contributed by atoms with Gasteiger partial charge in [0.2, 0.25) is 11.8 Å². The minimum Gasteiger partial charge on any atom is -0.507 e. The Kier molecular flexibility index (Phi) is 6.01. The first-order valence-electron chi connectivity index (χ1n) is 9.64. The Balaban J connectivity index is 1.77. The minimum absolute atomic E-state index is 0.00881. The van der Waals surface area contributed by atoms with E-state index in [4.69, 9.17) is 0 Å². The monoisotopic (exact) mass is 360 g/mol. The number of likely N-dealkylation sites (tertiary alicyclic amines) is 2. The molecule has 6 heteroatoms. The molecule has 1 aromatic rings. The van der Waals surface area contributed by atoms with Crippen LogP contribution in [0.4, 0.5) is 0 Å². The SMILES string of the molecule is O=C1CCCCCN1Cc1cc(CN2CCCCCC2=O)c(O)cc1O. The lowest BCUT2D eigenvalue weighted by molar-refractivity contribution is -0.132. The van der Waals surface area contributed by atoms with Gasteiger partial charge in [0, 0.05) is 56.2 Å². The van der Waals surface area contributed by atoms with Crippen LogP contribution in [-0.4, -0.2) is 44.9 Å². The molecular formula is C20H28N2O4. The van der Waals surface area contributed by atoms with E-state index in [2.05, 4.69) is 0 Å². The average Bonchev–Trinajstić information content (AvgIpc) is 2.93. The van der Waals surface area contributed by atoms with Crippen molar-refractivity contribution in [3.63, 3.8) is 0 Å². The number of nitrogens with zero attached hydrogens (tertiary/aromatic N) is 2. The van der Waals surface area contributed by atoms with Crippen LogP contribution in [0, 0.1) is 0 Å². The third-order valence-corrected chi connectivity index (χ3v) is 5.35. The van der Waals surface area contributed by atoms with Crippen molar-refractivity contribution in [1.82, 2.24) is 9.80 Å². The van der Waals surface area contributed by atoms with Gasteiger partial charge in [-0.2, -0.15) is 0 Å². The molecule has 0 unspecified atom stereocenters. The molecule has 2 heterocycles. The molecule has 0 spiro atoms. The van der Waals surface area contributed by atoms with E-state index >= 15 is 0 Å². The molecule has 26 heavy (non-hydrogen) atoms. The Morgan fingerprint density at radius 1 is 0.692 bits per heavy atom. The fourth-order valence-electron chi connectivity index (χ4n) is 3.75. The average molecular weight is 360 g/mol. The zero-order valence-corrected chi connectivity index (χ0v) is 15.2. The van der Waals surface area contributed by atoms with Crippen LogP contribution in [0.3, 0.4) is 0 Å². The number of benzene rings is 1. The van der Waals surface area contributed by atoms with Crippen molar-refractivity contribution in [2.24, 2.45) is 0 Å². The minimum atomic E-state index is -0.00881. The highest BCUT2D eigenvalue weighted by Gasteiger charge is 2.21. The number of phenols is 2. The molecule has 0 saturated carbocycles. The van der Waals surface area contributed by atoms with Crippen molar-refractivity contribution in [2.45, 2.75) is 64.5 Å².